The van der Waals surface area contributed by atoms with Gasteiger partial charge < -0.3 is 20.1 Å². The first kappa shape index (κ1) is 26.0. The van der Waals surface area contributed by atoms with Crippen molar-refractivity contribution in [2.45, 2.75) is 13.3 Å². The number of nitrogens with zero attached hydrogens (tertiary/aromatic N) is 1. The average Bonchev–Trinajstić information content (AvgIpc) is 2.89. The van der Waals surface area contributed by atoms with Crippen molar-refractivity contribution in [1.82, 2.24) is 10.7 Å². The highest BCUT2D eigenvalue weighted by Crippen LogP contribution is 2.16. The maximum Gasteiger partial charge on any atom is 0.329 e. The van der Waals surface area contributed by atoms with Gasteiger partial charge in [0.05, 0.1) is 12.8 Å². The molecule has 0 radical (unpaired) electrons. The molecule has 3 N–H and O–H groups in total. The fourth-order valence-corrected chi connectivity index (χ4v) is 3.09. The Morgan fingerprint density at radius 2 is 1.64 bits per heavy atom. The summed E-state index contributed by atoms with van der Waals surface area (Å²) >= 11 is 0. The molecule has 0 aromatic heterocycles. The summed E-state index contributed by atoms with van der Waals surface area (Å²) in [6.45, 7) is 2.62. The van der Waals surface area contributed by atoms with Crippen LogP contribution >= 0.6 is 0 Å². The molecule has 3 aromatic carbocycles. The third-order valence-electron chi connectivity index (χ3n) is 4.81. The van der Waals surface area contributed by atoms with Gasteiger partial charge in [0.25, 0.3) is 5.91 Å². The molecule has 9 nitrogen and oxygen atoms in total. The molecule has 0 saturated heterocycles. The summed E-state index contributed by atoms with van der Waals surface area (Å²) < 4.78 is 10.9. The second kappa shape index (κ2) is 13.9. The molecule has 9 heteroatoms. The van der Waals surface area contributed by atoms with E-state index in [1.165, 1.54) is 6.21 Å². The number of rotatable bonds is 11. The minimum Gasteiger partial charge on any atom is -0.494 e. The molecule has 0 unspecified atom stereocenters. The third kappa shape index (κ3) is 8.94. The zero-order chi connectivity index (χ0) is 25.6. The molecule has 0 heterocycles. The Hall–Kier alpha value is -4.66. The van der Waals surface area contributed by atoms with Gasteiger partial charge in [-0.1, -0.05) is 42.5 Å². The summed E-state index contributed by atoms with van der Waals surface area (Å²) in [6.07, 6.45) is 2.00. The zero-order valence-corrected chi connectivity index (χ0v) is 19.9. The number of ether oxygens (including phenoxy) is 2. The van der Waals surface area contributed by atoms with Crippen molar-refractivity contribution in [3.8, 4) is 11.5 Å². The van der Waals surface area contributed by atoms with Crippen LogP contribution in [0.15, 0.2) is 84.0 Å². The lowest BCUT2D eigenvalue weighted by Gasteiger charge is -2.09. The van der Waals surface area contributed by atoms with Crippen LogP contribution in [0.5, 0.6) is 11.5 Å². The number of hydrogen-bond donors (Lipinski definition) is 3. The number of hydrazone groups is 1. The van der Waals surface area contributed by atoms with Gasteiger partial charge in [0.2, 0.25) is 0 Å². The first-order valence-electron chi connectivity index (χ1n) is 11.4. The SMILES string of the molecule is CCOc1ccc(NC(=O)COc2cccc(/C=N\NC(=O)C(=O)NCCc3ccccc3)c2)cc1. The highest BCUT2D eigenvalue weighted by atomic mass is 16.5. The smallest absolute Gasteiger partial charge is 0.329 e. The number of carbonyl (C=O) groups is 3. The van der Waals surface area contributed by atoms with Crippen LogP contribution in [0, 0.1) is 0 Å². The first-order chi connectivity index (χ1) is 17.5. The normalized spacial score (nSPS) is 10.5. The summed E-state index contributed by atoms with van der Waals surface area (Å²) in [5.41, 5.74) is 4.50. The fraction of sp³-hybridized carbons (Fsp3) is 0.185. The lowest BCUT2D eigenvalue weighted by atomic mass is 10.1. The second-order valence-corrected chi connectivity index (χ2v) is 7.56. The van der Waals surface area contributed by atoms with Crippen LogP contribution in [-0.2, 0) is 20.8 Å². The topological polar surface area (TPSA) is 118 Å². The third-order valence-corrected chi connectivity index (χ3v) is 4.81. The van der Waals surface area contributed by atoms with Crippen molar-refractivity contribution in [1.29, 1.82) is 0 Å². The Balaban J connectivity index is 1.40. The van der Waals surface area contributed by atoms with E-state index in [1.807, 2.05) is 37.3 Å². The maximum absolute atomic E-state index is 12.2. The Labute approximate surface area is 209 Å². The van der Waals surface area contributed by atoms with Gasteiger partial charge in [-0.2, -0.15) is 5.10 Å². The first-order valence-corrected chi connectivity index (χ1v) is 11.4. The minimum atomic E-state index is -0.863. The van der Waals surface area contributed by atoms with Crippen LogP contribution in [-0.4, -0.2) is 43.7 Å². The summed E-state index contributed by atoms with van der Waals surface area (Å²) in [7, 11) is 0. The van der Waals surface area contributed by atoms with Gasteiger partial charge in [-0.3, -0.25) is 14.4 Å². The molecule has 0 saturated carbocycles. The lowest BCUT2D eigenvalue weighted by Crippen LogP contribution is -2.38. The van der Waals surface area contributed by atoms with Crippen molar-refractivity contribution in [3.05, 3.63) is 90.0 Å². The number of anilines is 1. The zero-order valence-electron chi connectivity index (χ0n) is 19.9. The van der Waals surface area contributed by atoms with E-state index in [2.05, 4.69) is 21.2 Å². The second-order valence-electron chi connectivity index (χ2n) is 7.56. The van der Waals surface area contributed by atoms with Crippen LogP contribution < -0.4 is 25.5 Å². The van der Waals surface area contributed by atoms with Crippen molar-refractivity contribution in [2.75, 3.05) is 25.1 Å². The Kier molecular flexibility index (Phi) is 10.0. The van der Waals surface area contributed by atoms with Gasteiger partial charge >= 0.3 is 11.8 Å². The molecule has 3 rings (SSSR count). The molecule has 0 aliphatic rings. The van der Waals surface area contributed by atoms with Crippen LogP contribution in [0.25, 0.3) is 0 Å². The summed E-state index contributed by atoms with van der Waals surface area (Å²) in [6, 6.07) is 23.5. The Morgan fingerprint density at radius 1 is 0.861 bits per heavy atom. The molecule has 186 valence electrons. The van der Waals surface area contributed by atoms with E-state index in [-0.39, 0.29) is 12.5 Å². The van der Waals surface area contributed by atoms with Crippen LogP contribution in [0.1, 0.15) is 18.1 Å². The molecule has 0 spiro atoms. The number of amides is 3. The molecule has 3 aromatic rings. The van der Waals surface area contributed by atoms with E-state index in [0.29, 0.717) is 36.6 Å². The number of nitrogens with one attached hydrogen (secondary N) is 3. The summed E-state index contributed by atoms with van der Waals surface area (Å²) in [4.78, 5) is 36.0. The number of carbonyl (C=O) groups excluding carboxylic acids is 3. The van der Waals surface area contributed by atoms with Gasteiger partial charge in [-0.15, -0.1) is 0 Å². The van der Waals surface area contributed by atoms with Crippen molar-refractivity contribution in [2.24, 2.45) is 5.10 Å². The highest BCUT2D eigenvalue weighted by molar-refractivity contribution is 6.35. The Morgan fingerprint density at radius 3 is 2.39 bits per heavy atom. The van der Waals surface area contributed by atoms with Crippen molar-refractivity contribution >= 4 is 29.6 Å². The molecule has 0 aliphatic heterocycles. The van der Waals surface area contributed by atoms with E-state index in [1.54, 1.807) is 48.5 Å². The van der Waals surface area contributed by atoms with E-state index >= 15 is 0 Å². The minimum absolute atomic E-state index is 0.187. The molecular formula is C27H28N4O5. The van der Waals surface area contributed by atoms with Crippen molar-refractivity contribution < 1.29 is 23.9 Å². The molecule has 0 atom stereocenters. The van der Waals surface area contributed by atoms with Crippen molar-refractivity contribution in [3.63, 3.8) is 0 Å². The number of hydrogen-bond acceptors (Lipinski definition) is 6. The predicted octanol–water partition coefficient (Wildman–Crippen LogP) is 2.91. The summed E-state index contributed by atoms with van der Waals surface area (Å²) in [5, 5.41) is 9.11. The van der Waals surface area contributed by atoms with Gasteiger partial charge in [0.15, 0.2) is 6.61 Å². The molecule has 0 bridgehead atoms. The van der Waals surface area contributed by atoms with E-state index in [4.69, 9.17) is 9.47 Å². The van der Waals surface area contributed by atoms with E-state index < -0.39 is 11.8 Å². The molecule has 0 fully saturated rings. The predicted molar refractivity (Wildman–Crippen MR) is 137 cm³/mol. The van der Waals surface area contributed by atoms with Gasteiger partial charge in [0, 0.05) is 12.2 Å². The van der Waals surface area contributed by atoms with Gasteiger partial charge in [-0.05, 0) is 60.9 Å². The largest absolute Gasteiger partial charge is 0.494 e. The molecule has 36 heavy (non-hydrogen) atoms. The Bertz CT molecular complexity index is 1180. The molecule has 0 aliphatic carbocycles. The van der Waals surface area contributed by atoms with Crippen LogP contribution in [0.3, 0.4) is 0 Å². The lowest BCUT2D eigenvalue weighted by molar-refractivity contribution is -0.139. The maximum atomic E-state index is 12.2. The quantitative estimate of drug-likeness (QED) is 0.218. The molecular weight excluding hydrogens is 460 g/mol. The van der Waals surface area contributed by atoms with Gasteiger partial charge in [0.1, 0.15) is 11.5 Å². The average molecular weight is 489 g/mol. The summed E-state index contributed by atoms with van der Waals surface area (Å²) in [5.74, 6) is -0.768. The fourth-order valence-electron chi connectivity index (χ4n) is 3.09. The van der Waals surface area contributed by atoms with Gasteiger partial charge in [-0.25, -0.2) is 5.43 Å². The monoisotopic (exact) mass is 488 g/mol. The van der Waals surface area contributed by atoms with E-state index in [0.717, 1.165) is 11.3 Å². The van der Waals surface area contributed by atoms with E-state index in [9.17, 15) is 14.4 Å². The standard InChI is InChI=1S/C27H28N4O5/c1-2-35-23-13-11-22(12-14-23)30-25(32)19-36-24-10-6-9-21(17-24)18-29-31-27(34)26(33)28-16-15-20-7-4-3-5-8-20/h3-14,17-18H,2,15-16,19H2,1H3,(H,28,33)(H,30,32)(H,31,34)/b29-18-. The number of benzene rings is 3. The highest BCUT2D eigenvalue weighted by Gasteiger charge is 2.11. The van der Waals surface area contributed by atoms with Crippen LogP contribution in [0.4, 0.5) is 5.69 Å². The van der Waals surface area contributed by atoms with Crippen LogP contribution in [0.2, 0.25) is 0 Å². The molecule has 3 amide bonds.